The highest BCUT2D eigenvalue weighted by atomic mass is 79.9. The van der Waals surface area contributed by atoms with Gasteiger partial charge in [-0.2, -0.15) is 0 Å². The number of nitrogens with zero attached hydrogens (tertiary/aromatic N) is 2. The van der Waals surface area contributed by atoms with Crippen molar-refractivity contribution in [2.24, 2.45) is 0 Å². The lowest BCUT2D eigenvalue weighted by atomic mass is 9.84. The van der Waals surface area contributed by atoms with E-state index in [-0.39, 0.29) is 41.8 Å². The minimum atomic E-state index is -0.832. The Morgan fingerprint density at radius 1 is 0.906 bits per heavy atom. The number of unbranched alkanes of at least 4 members (excludes halogenated alkanes) is 2. The van der Waals surface area contributed by atoms with Gasteiger partial charge in [0.15, 0.2) is 16.7 Å². The molecule has 0 fully saturated rings. The predicted octanol–water partition coefficient (Wildman–Crippen LogP) is 8.41. The van der Waals surface area contributed by atoms with Crippen molar-refractivity contribution >= 4 is 33.6 Å². The highest BCUT2D eigenvalue weighted by Gasteiger charge is 2.32. The molecule has 53 heavy (non-hydrogen) atoms. The topological polar surface area (TPSA) is 93.1 Å². The van der Waals surface area contributed by atoms with E-state index in [1.54, 1.807) is 33.5 Å². The van der Waals surface area contributed by atoms with Crippen molar-refractivity contribution in [3.8, 4) is 17.2 Å². The van der Waals surface area contributed by atoms with E-state index in [0.29, 0.717) is 55.2 Å². The number of aromatic nitrogens is 2. The van der Waals surface area contributed by atoms with Gasteiger partial charge in [0.05, 0.1) is 45.4 Å². The zero-order chi connectivity index (χ0) is 37.7. The summed E-state index contributed by atoms with van der Waals surface area (Å²) in [6.07, 6.45) is 5.13. The molecule has 1 N–H and O–H groups in total. The Morgan fingerprint density at radius 2 is 1.58 bits per heavy atom. The molecule has 3 aromatic carbocycles. The van der Waals surface area contributed by atoms with Gasteiger partial charge in [-0.15, -0.1) is 0 Å². The number of hydrogen-bond donors (Lipinski definition) is 1. The van der Waals surface area contributed by atoms with Crippen LogP contribution in [0.15, 0.2) is 58.2 Å². The molecule has 0 radical (unpaired) electrons. The Bertz CT molecular complexity index is 1800. The Kier molecular flexibility index (Phi) is 15.5. The number of amides is 1. The third-order valence-electron chi connectivity index (χ3n) is 8.95. The monoisotopic (exact) mass is 819 g/mol. The van der Waals surface area contributed by atoms with E-state index in [0.717, 1.165) is 65.7 Å². The minimum Gasteiger partial charge on any atom is -0.493 e. The van der Waals surface area contributed by atoms with Crippen LogP contribution < -0.4 is 14.8 Å². The van der Waals surface area contributed by atoms with Crippen molar-refractivity contribution < 1.29 is 41.7 Å². The molecule has 0 aliphatic heterocycles. The lowest BCUT2D eigenvalue weighted by Gasteiger charge is -2.27. The molecule has 1 aliphatic rings. The summed E-state index contributed by atoms with van der Waals surface area (Å²) in [5.74, 6) is -1.68. The summed E-state index contributed by atoms with van der Waals surface area (Å²) in [4.78, 5) is 17.7. The zero-order valence-electron chi connectivity index (χ0n) is 30.2. The van der Waals surface area contributed by atoms with E-state index >= 15 is 8.78 Å². The van der Waals surface area contributed by atoms with Gasteiger partial charge in [-0.25, -0.2) is 18.2 Å². The summed E-state index contributed by atoms with van der Waals surface area (Å²) < 4.78 is 74.8. The van der Waals surface area contributed by atoms with Crippen LogP contribution in [0.1, 0.15) is 70.9 Å². The van der Waals surface area contributed by atoms with E-state index in [1.165, 1.54) is 23.9 Å². The number of benzene rings is 3. The second-order valence-corrected chi connectivity index (χ2v) is 14.2. The number of carbonyl (C=O) groups excluding carboxylic acids is 1. The number of imidazole rings is 1. The molecule has 1 aliphatic carbocycles. The summed E-state index contributed by atoms with van der Waals surface area (Å²) in [5.41, 5.74) is 3.12. The molecule has 0 saturated carbocycles. The molecule has 1 atom stereocenters. The van der Waals surface area contributed by atoms with Gasteiger partial charge in [-0.1, -0.05) is 27.7 Å². The van der Waals surface area contributed by atoms with Crippen molar-refractivity contribution in [3.63, 3.8) is 0 Å². The van der Waals surface area contributed by atoms with Crippen molar-refractivity contribution in [2.45, 2.75) is 55.4 Å². The molecule has 1 amide bonds. The number of thioether (sulfide) groups is 1. The standard InChI is InChI=1S/C39H45BrF3N3O6S/c1-48-18-19-52-16-6-4-5-15-51-17-14-44-38(47)25-20-32(42)30(33(43)21-25)24-53-39-45-34-9-7-8-28(29-22-35(49-2)36(50-3)23-31(29)40)37(34)46(39)27-12-10-26(41)11-13-27/h10-13,20-23,28H,4-9,14-19,24H2,1-3H3,(H,44,47). The Hall–Kier alpha value is -3.56. The SMILES string of the molecule is COCCOCCCCCOCCNC(=O)c1cc(F)c(CSc2nc3c(n2-c2ccc(F)cc2)C(c2cc(OC)c(OC)cc2Br)CCC3)c(F)c1. The summed E-state index contributed by atoms with van der Waals surface area (Å²) >= 11 is 4.90. The van der Waals surface area contributed by atoms with Crippen molar-refractivity contribution in [1.82, 2.24) is 14.9 Å². The average molecular weight is 821 g/mol. The van der Waals surface area contributed by atoms with Crippen LogP contribution in [-0.4, -0.2) is 76.4 Å². The molecule has 4 aromatic rings. The van der Waals surface area contributed by atoms with Gasteiger partial charge in [-0.3, -0.25) is 9.36 Å². The highest BCUT2D eigenvalue weighted by Crippen LogP contribution is 2.46. The summed E-state index contributed by atoms with van der Waals surface area (Å²) in [7, 11) is 4.80. The molecule has 14 heteroatoms. The van der Waals surface area contributed by atoms with Crippen LogP contribution in [0.3, 0.4) is 0 Å². The fourth-order valence-corrected chi connectivity index (χ4v) is 7.92. The molecule has 0 spiro atoms. The van der Waals surface area contributed by atoms with Crippen LogP contribution in [0, 0.1) is 17.5 Å². The number of carbonyl (C=O) groups is 1. The van der Waals surface area contributed by atoms with Crippen LogP contribution in [0.2, 0.25) is 0 Å². The molecular formula is C39H45BrF3N3O6S. The van der Waals surface area contributed by atoms with Crippen LogP contribution in [0.5, 0.6) is 11.5 Å². The second kappa shape index (κ2) is 20.2. The Labute approximate surface area is 321 Å². The molecule has 5 rings (SSSR count). The number of halogens is 4. The molecule has 1 heterocycles. The fraction of sp³-hybridized carbons (Fsp3) is 0.436. The lowest BCUT2D eigenvalue weighted by Crippen LogP contribution is -2.27. The number of ether oxygens (including phenoxy) is 5. The van der Waals surface area contributed by atoms with E-state index < -0.39 is 17.5 Å². The Balaban J connectivity index is 1.26. The maximum atomic E-state index is 15.4. The minimum absolute atomic E-state index is 0.0888. The smallest absolute Gasteiger partial charge is 0.251 e. The lowest BCUT2D eigenvalue weighted by molar-refractivity contribution is 0.0668. The number of rotatable bonds is 20. The van der Waals surface area contributed by atoms with Gasteiger partial charge in [0.1, 0.15) is 17.5 Å². The van der Waals surface area contributed by atoms with Gasteiger partial charge < -0.3 is 29.0 Å². The second-order valence-electron chi connectivity index (χ2n) is 12.5. The van der Waals surface area contributed by atoms with E-state index in [9.17, 15) is 9.18 Å². The van der Waals surface area contributed by atoms with Gasteiger partial charge in [0, 0.05) is 59.8 Å². The van der Waals surface area contributed by atoms with Crippen molar-refractivity contribution in [1.29, 1.82) is 0 Å². The molecule has 286 valence electrons. The number of aryl methyl sites for hydroxylation is 1. The third-order valence-corrected chi connectivity index (χ3v) is 10.6. The third kappa shape index (κ3) is 10.6. The average Bonchev–Trinajstić information content (AvgIpc) is 3.53. The van der Waals surface area contributed by atoms with Crippen molar-refractivity contribution in [3.05, 3.63) is 98.5 Å². The molecule has 0 saturated heterocycles. The van der Waals surface area contributed by atoms with E-state index in [4.69, 9.17) is 28.7 Å². The fourth-order valence-electron chi connectivity index (χ4n) is 6.26. The van der Waals surface area contributed by atoms with E-state index in [1.807, 2.05) is 16.7 Å². The number of methoxy groups -OCH3 is 3. The van der Waals surface area contributed by atoms with Gasteiger partial charge >= 0.3 is 0 Å². The molecule has 1 unspecified atom stereocenters. The van der Waals surface area contributed by atoms with Crippen LogP contribution in [0.25, 0.3) is 5.69 Å². The summed E-state index contributed by atoms with van der Waals surface area (Å²) in [5, 5.41) is 3.18. The molecule has 1 aromatic heterocycles. The first kappa shape index (κ1) is 40.6. The largest absolute Gasteiger partial charge is 0.493 e. The highest BCUT2D eigenvalue weighted by molar-refractivity contribution is 9.10. The van der Waals surface area contributed by atoms with Crippen LogP contribution in [0.4, 0.5) is 13.2 Å². The van der Waals surface area contributed by atoms with Gasteiger partial charge in [0.2, 0.25) is 0 Å². The molecular weight excluding hydrogens is 775 g/mol. The van der Waals surface area contributed by atoms with Crippen LogP contribution >= 0.6 is 27.7 Å². The summed E-state index contributed by atoms with van der Waals surface area (Å²) in [6.45, 7) is 2.86. The first-order valence-corrected chi connectivity index (χ1v) is 19.4. The Morgan fingerprint density at radius 3 is 2.26 bits per heavy atom. The van der Waals surface area contributed by atoms with Gasteiger partial charge in [0.25, 0.3) is 5.91 Å². The first-order valence-electron chi connectivity index (χ1n) is 17.6. The molecule has 9 nitrogen and oxygen atoms in total. The number of nitrogens with one attached hydrogen (secondary N) is 1. The normalized spacial score (nSPS) is 13.9. The van der Waals surface area contributed by atoms with E-state index in [2.05, 4.69) is 21.2 Å². The number of fused-ring (bicyclic) bond motifs is 1. The maximum absolute atomic E-state index is 15.4. The number of hydrogen-bond acceptors (Lipinski definition) is 8. The molecule has 0 bridgehead atoms. The predicted molar refractivity (Wildman–Crippen MR) is 201 cm³/mol. The quantitative estimate of drug-likeness (QED) is 0.0703. The first-order chi connectivity index (χ1) is 25.7. The zero-order valence-corrected chi connectivity index (χ0v) is 32.6. The van der Waals surface area contributed by atoms with Gasteiger partial charge in [-0.05, 0) is 92.6 Å². The maximum Gasteiger partial charge on any atom is 0.251 e. The van der Waals surface area contributed by atoms with Crippen LogP contribution in [-0.2, 0) is 26.4 Å². The summed E-state index contributed by atoms with van der Waals surface area (Å²) in [6, 6.07) is 12.0. The van der Waals surface area contributed by atoms with Crippen molar-refractivity contribution in [2.75, 3.05) is 60.9 Å².